The molecule has 0 radical (unpaired) electrons. The van der Waals surface area contributed by atoms with Crippen LogP contribution in [0.15, 0.2) is 24.3 Å². The third-order valence-corrected chi connectivity index (χ3v) is 3.63. The van der Waals surface area contributed by atoms with Gasteiger partial charge in [0.25, 0.3) is 0 Å². The van der Waals surface area contributed by atoms with Crippen LogP contribution in [0.1, 0.15) is 31.4 Å². The number of amides is 1. The highest BCUT2D eigenvalue weighted by atomic mass is 16.3. The van der Waals surface area contributed by atoms with E-state index in [-0.39, 0.29) is 5.91 Å². The lowest BCUT2D eigenvalue weighted by molar-refractivity contribution is -0.128. The van der Waals surface area contributed by atoms with Gasteiger partial charge in [-0.15, -0.1) is 0 Å². The minimum absolute atomic E-state index is 0.167. The zero-order valence-electron chi connectivity index (χ0n) is 11.7. The number of anilines is 1. The third kappa shape index (κ3) is 3.26. The van der Waals surface area contributed by atoms with Gasteiger partial charge in [-0.1, -0.05) is 18.2 Å². The van der Waals surface area contributed by atoms with Gasteiger partial charge in [-0.3, -0.25) is 4.79 Å². The zero-order valence-corrected chi connectivity index (χ0v) is 11.7. The van der Waals surface area contributed by atoms with Crippen LogP contribution in [-0.4, -0.2) is 42.6 Å². The highest BCUT2D eigenvalue weighted by Gasteiger charge is 2.20. The van der Waals surface area contributed by atoms with Crippen molar-refractivity contribution in [2.75, 3.05) is 31.6 Å². The smallest absolute Gasteiger partial charge is 0.242 e. The lowest BCUT2D eigenvalue weighted by Gasteiger charge is -2.25. The van der Waals surface area contributed by atoms with Crippen molar-refractivity contribution in [1.29, 1.82) is 0 Å². The van der Waals surface area contributed by atoms with E-state index in [9.17, 15) is 9.90 Å². The highest BCUT2D eigenvalue weighted by Crippen LogP contribution is 2.25. The van der Waals surface area contributed by atoms with Gasteiger partial charge in [-0.2, -0.15) is 0 Å². The Morgan fingerprint density at radius 3 is 2.63 bits per heavy atom. The summed E-state index contributed by atoms with van der Waals surface area (Å²) in [4.78, 5) is 16.0. The number of likely N-dealkylation sites (tertiary alicyclic amines) is 1. The Kier molecular flexibility index (Phi) is 4.43. The quantitative estimate of drug-likeness (QED) is 0.900. The summed E-state index contributed by atoms with van der Waals surface area (Å²) in [6.45, 7) is 3.87. The molecule has 104 valence electrons. The predicted molar refractivity (Wildman–Crippen MR) is 76.2 cm³/mol. The summed E-state index contributed by atoms with van der Waals surface area (Å²) in [5.41, 5.74) is 1.78. The van der Waals surface area contributed by atoms with Crippen molar-refractivity contribution in [3.8, 4) is 0 Å². The van der Waals surface area contributed by atoms with E-state index in [4.69, 9.17) is 0 Å². The van der Waals surface area contributed by atoms with Crippen molar-refractivity contribution in [3.05, 3.63) is 29.8 Å². The molecule has 1 amide bonds. The molecule has 1 aliphatic heterocycles. The van der Waals surface area contributed by atoms with Crippen LogP contribution in [0.2, 0.25) is 0 Å². The summed E-state index contributed by atoms with van der Waals surface area (Å²) >= 11 is 0. The Morgan fingerprint density at radius 2 is 2.00 bits per heavy atom. The first-order valence-corrected chi connectivity index (χ1v) is 6.85. The van der Waals surface area contributed by atoms with E-state index in [1.165, 1.54) is 0 Å². The molecule has 1 aromatic rings. The molecule has 0 saturated carbocycles. The normalized spacial score (nSPS) is 16.5. The molecule has 1 heterocycles. The molecule has 0 spiro atoms. The van der Waals surface area contributed by atoms with E-state index in [0.717, 1.165) is 37.2 Å². The number of aliphatic hydroxyl groups is 1. The van der Waals surface area contributed by atoms with Crippen LogP contribution in [0.3, 0.4) is 0 Å². The number of likely N-dealkylation sites (N-methyl/N-ethyl adjacent to an activating group) is 1. The standard InChI is InChI=1S/C15H22N2O2/c1-12(18)13-7-3-4-8-14(13)16(2)11-15(19)17-9-5-6-10-17/h3-4,7-8,12,18H,5-6,9-11H2,1-2H3/t12-/m1/s1. The molecule has 0 aromatic heterocycles. The number of aliphatic hydroxyl groups excluding tert-OH is 1. The molecule has 19 heavy (non-hydrogen) atoms. The summed E-state index contributed by atoms with van der Waals surface area (Å²) < 4.78 is 0. The molecule has 4 nitrogen and oxygen atoms in total. The van der Waals surface area contributed by atoms with Crippen molar-refractivity contribution in [1.82, 2.24) is 4.90 Å². The van der Waals surface area contributed by atoms with Crippen LogP contribution in [0.5, 0.6) is 0 Å². The van der Waals surface area contributed by atoms with Crippen LogP contribution in [0, 0.1) is 0 Å². The molecule has 0 bridgehead atoms. The summed E-state index contributed by atoms with van der Waals surface area (Å²) in [6, 6.07) is 7.68. The molecule has 0 unspecified atom stereocenters. The number of hydrogen-bond donors (Lipinski definition) is 1. The lowest BCUT2D eigenvalue weighted by Crippen LogP contribution is -2.37. The largest absolute Gasteiger partial charge is 0.389 e. The first-order valence-electron chi connectivity index (χ1n) is 6.85. The summed E-state index contributed by atoms with van der Waals surface area (Å²) in [5, 5.41) is 9.78. The van der Waals surface area contributed by atoms with Crippen LogP contribution >= 0.6 is 0 Å². The number of nitrogens with zero attached hydrogens (tertiary/aromatic N) is 2. The molecule has 4 heteroatoms. The van der Waals surface area contributed by atoms with Gasteiger partial charge < -0.3 is 14.9 Å². The summed E-state index contributed by atoms with van der Waals surface area (Å²) in [5.74, 6) is 0.167. The fourth-order valence-electron chi connectivity index (χ4n) is 2.54. The van der Waals surface area contributed by atoms with E-state index in [1.807, 2.05) is 41.1 Å². The average Bonchev–Trinajstić information content (AvgIpc) is 2.92. The first kappa shape index (κ1) is 13.9. The van der Waals surface area contributed by atoms with Crippen LogP contribution in [0.4, 0.5) is 5.69 Å². The molecule has 0 aliphatic carbocycles. The lowest BCUT2D eigenvalue weighted by atomic mass is 10.1. The van der Waals surface area contributed by atoms with Crippen molar-refractivity contribution in [2.24, 2.45) is 0 Å². The van der Waals surface area contributed by atoms with Gasteiger partial charge in [-0.25, -0.2) is 0 Å². The zero-order chi connectivity index (χ0) is 13.8. The Bertz CT molecular complexity index is 440. The van der Waals surface area contributed by atoms with Crippen molar-refractivity contribution < 1.29 is 9.90 Å². The van der Waals surface area contributed by atoms with Crippen molar-refractivity contribution in [3.63, 3.8) is 0 Å². The highest BCUT2D eigenvalue weighted by molar-refractivity contribution is 5.82. The van der Waals surface area contributed by atoms with Gasteiger partial charge in [-0.05, 0) is 25.8 Å². The second-order valence-electron chi connectivity index (χ2n) is 5.18. The van der Waals surface area contributed by atoms with Crippen LogP contribution in [0.25, 0.3) is 0 Å². The van der Waals surface area contributed by atoms with Crippen molar-refractivity contribution >= 4 is 11.6 Å². The van der Waals surface area contributed by atoms with Gasteiger partial charge in [0, 0.05) is 31.4 Å². The molecule has 1 N–H and O–H groups in total. The number of hydrogen-bond acceptors (Lipinski definition) is 3. The second kappa shape index (κ2) is 6.06. The predicted octanol–water partition coefficient (Wildman–Crippen LogP) is 1.80. The summed E-state index contributed by atoms with van der Waals surface area (Å²) in [7, 11) is 1.90. The average molecular weight is 262 g/mol. The van der Waals surface area contributed by atoms with E-state index in [0.29, 0.717) is 6.54 Å². The summed E-state index contributed by atoms with van der Waals surface area (Å²) in [6.07, 6.45) is 1.69. The maximum Gasteiger partial charge on any atom is 0.242 e. The Morgan fingerprint density at radius 1 is 1.37 bits per heavy atom. The number of para-hydroxylation sites is 1. The second-order valence-corrected chi connectivity index (χ2v) is 5.18. The fraction of sp³-hybridized carbons (Fsp3) is 0.533. The van der Waals surface area contributed by atoms with E-state index in [1.54, 1.807) is 6.92 Å². The number of carbonyl (C=O) groups is 1. The molecule has 1 atom stereocenters. The number of rotatable bonds is 4. The molecule has 1 aromatic carbocycles. The van der Waals surface area contributed by atoms with Crippen LogP contribution in [-0.2, 0) is 4.79 Å². The minimum Gasteiger partial charge on any atom is -0.389 e. The Hall–Kier alpha value is -1.55. The fourth-order valence-corrected chi connectivity index (χ4v) is 2.54. The van der Waals surface area contributed by atoms with E-state index < -0.39 is 6.10 Å². The van der Waals surface area contributed by atoms with E-state index in [2.05, 4.69) is 0 Å². The molecular weight excluding hydrogens is 240 g/mol. The third-order valence-electron chi connectivity index (χ3n) is 3.63. The van der Waals surface area contributed by atoms with Gasteiger partial charge >= 0.3 is 0 Å². The van der Waals surface area contributed by atoms with E-state index >= 15 is 0 Å². The Balaban J connectivity index is 2.07. The number of benzene rings is 1. The maximum absolute atomic E-state index is 12.1. The topological polar surface area (TPSA) is 43.8 Å². The SMILES string of the molecule is C[C@@H](O)c1ccccc1N(C)CC(=O)N1CCCC1. The van der Waals surface area contributed by atoms with Gasteiger partial charge in [0.1, 0.15) is 0 Å². The van der Waals surface area contributed by atoms with Gasteiger partial charge in [0.2, 0.25) is 5.91 Å². The number of carbonyl (C=O) groups excluding carboxylic acids is 1. The maximum atomic E-state index is 12.1. The van der Waals surface area contributed by atoms with Gasteiger partial charge in [0.05, 0.1) is 12.6 Å². The van der Waals surface area contributed by atoms with Gasteiger partial charge in [0.15, 0.2) is 0 Å². The molecule has 1 aliphatic rings. The molecule has 1 saturated heterocycles. The minimum atomic E-state index is -0.527. The molecule has 2 rings (SSSR count). The Labute approximate surface area is 114 Å². The first-order chi connectivity index (χ1) is 9.09. The van der Waals surface area contributed by atoms with Crippen LogP contribution < -0.4 is 4.90 Å². The monoisotopic (exact) mass is 262 g/mol. The van der Waals surface area contributed by atoms with Crippen molar-refractivity contribution in [2.45, 2.75) is 25.9 Å². The molecule has 1 fully saturated rings. The molecular formula is C15H22N2O2.